The molecule has 0 radical (unpaired) electrons. The van der Waals surface area contributed by atoms with Crippen LogP contribution in [0.15, 0.2) is 24.3 Å². The standard InChI is InChI=1S/C15H22FNO2/c1-11(8-13(10-17)9-15(18)19)2-3-12-4-6-14(16)7-5-12/h4-7,11,13H,2-3,8-10,17H2,1H3,(H,18,19). The summed E-state index contributed by atoms with van der Waals surface area (Å²) in [5, 5.41) is 8.77. The monoisotopic (exact) mass is 267 g/mol. The van der Waals surface area contributed by atoms with Gasteiger partial charge in [0, 0.05) is 6.42 Å². The summed E-state index contributed by atoms with van der Waals surface area (Å²) in [6, 6.07) is 6.51. The van der Waals surface area contributed by atoms with E-state index in [4.69, 9.17) is 10.8 Å². The van der Waals surface area contributed by atoms with Gasteiger partial charge in [0.2, 0.25) is 0 Å². The molecule has 0 amide bonds. The minimum absolute atomic E-state index is 0.0423. The summed E-state index contributed by atoms with van der Waals surface area (Å²) in [4.78, 5) is 10.7. The highest BCUT2D eigenvalue weighted by molar-refractivity contribution is 5.67. The third-order valence-electron chi connectivity index (χ3n) is 3.37. The van der Waals surface area contributed by atoms with Crippen LogP contribution < -0.4 is 5.73 Å². The highest BCUT2D eigenvalue weighted by Gasteiger charge is 2.15. The number of carbonyl (C=O) groups is 1. The number of rotatable bonds is 8. The van der Waals surface area contributed by atoms with Gasteiger partial charge in [-0.3, -0.25) is 4.79 Å². The van der Waals surface area contributed by atoms with Gasteiger partial charge in [0.05, 0.1) is 0 Å². The Morgan fingerprint density at radius 3 is 2.53 bits per heavy atom. The molecule has 3 N–H and O–H groups in total. The number of hydrogen-bond acceptors (Lipinski definition) is 2. The van der Waals surface area contributed by atoms with Crippen LogP contribution in [0, 0.1) is 17.7 Å². The lowest BCUT2D eigenvalue weighted by atomic mass is 9.89. The fourth-order valence-corrected chi connectivity index (χ4v) is 2.26. The molecule has 2 atom stereocenters. The molecule has 1 aromatic carbocycles. The van der Waals surface area contributed by atoms with Crippen LogP contribution >= 0.6 is 0 Å². The first-order valence-corrected chi connectivity index (χ1v) is 6.67. The largest absolute Gasteiger partial charge is 0.481 e. The van der Waals surface area contributed by atoms with E-state index in [9.17, 15) is 9.18 Å². The normalized spacial score (nSPS) is 14.1. The lowest BCUT2D eigenvalue weighted by molar-refractivity contribution is -0.138. The van der Waals surface area contributed by atoms with E-state index in [0.717, 1.165) is 24.8 Å². The zero-order valence-corrected chi connectivity index (χ0v) is 11.3. The molecule has 0 spiro atoms. The van der Waals surface area contributed by atoms with Crippen molar-refractivity contribution in [3.05, 3.63) is 35.6 Å². The number of halogens is 1. The predicted octanol–water partition coefficient (Wildman–Crippen LogP) is 2.83. The Labute approximate surface area is 113 Å². The van der Waals surface area contributed by atoms with Gasteiger partial charge in [-0.2, -0.15) is 0 Å². The molecule has 4 heteroatoms. The van der Waals surface area contributed by atoms with E-state index in [1.54, 1.807) is 12.1 Å². The van der Waals surface area contributed by atoms with Crippen LogP contribution in [0.2, 0.25) is 0 Å². The molecule has 0 aromatic heterocycles. The zero-order valence-electron chi connectivity index (χ0n) is 11.3. The van der Waals surface area contributed by atoms with Crippen molar-refractivity contribution in [1.82, 2.24) is 0 Å². The Balaban J connectivity index is 2.35. The summed E-state index contributed by atoms with van der Waals surface area (Å²) < 4.78 is 12.8. The van der Waals surface area contributed by atoms with Crippen LogP contribution in [0.5, 0.6) is 0 Å². The predicted molar refractivity (Wildman–Crippen MR) is 73.3 cm³/mol. The van der Waals surface area contributed by atoms with Crippen LogP contribution in [0.25, 0.3) is 0 Å². The number of benzene rings is 1. The van der Waals surface area contributed by atoms with Gasteiger partial charge in [-0.25, -0.2) is 4.39 Å². The maximum Gasteiger partial charge on any atom is 0.303 e. The van der Waals surface area contributed by atoms with Crippen LogP contribution in [0.4, 0.5) is 4.39 Å². The second-order valence-corrected chi connectivity index (χ2v) is 5.21. The van der Waals surface area contributed by atoms with Gasteiger partial charge >= 0.3 is 5.97 Å². The van der Waals surface area contributed by atoms with E-state index in [1.807, 2.05) is 0 Å². The third-order valence-corrected chi connectivity index (χ3v) is 3.37. The number of aryl methyl sites for hydroxylation is 1. The maximum atomic E-state index is 12.8. The molecule has 0 fully saturated rings. The summed E-state index contributed by atoms with van der Waals surface area (Å²) in [5.74, 6) is -0.554. The SMILES string of the molecule is CC(CCc1ccc(F)cc1)CC(CN)CC(=O)O. The molecule has 3 nitrogen and oxygen atoms in total. The molecule has 2 unspecified atom stereocenters. The van der Waals surface area contributed by atoms with E-state index < -0.39 is 5.97 Å². The van der Waals surface area contributed by atoms with Crippen molar-refractivity contribution in [2.45, 2.75) is 32.6 Å². The third kappa shape index (κ3) is 6.34. The summed E-state index contributed by atoms with van der Waals surface area (Å²) >= 11 is 0. The molecule has 0 bridgehead atoms. The van der Waals surface area contributed by atoms with Crippen molar-refractivity contribution in [3.8, 4) is 0 Å². The summed E-state index contributed by atoms with van der Waals surface area (Å²) in [6.45, 7) is 2.52. The molecule has 0 aliphatic carbocycles. The van der Waals surface area contributed by atoms with Gasteiger partial charge < -0.3 is 10.8 Å². The average molecular weight is 267 g/mol. The van der Waals surface area contributed by atoms with Crippen molar-refractivity contribution in [3.63, 3.8) is 0 Å². The van der Waals surface area contributed by atoms with Gasteiger partial charge in [0.25, 0.3) is 0 Å². The van der Waals surface area contributed by atoms with Crippen molar-refractivity contribution >= 4 is 5.97 Å². The minimum atomic E-state index is -0.791. The van der Waals surface area contributed by atoms with E-state index in [0.29, 0.717) is 12.5 Å². The number of hydrogen-bond donors (Lipinski definition) is 2. The van der Waals surface area contributed by atoms with E-state index >= 15 is 0 Å². The molecule has 1 rings (SSSR count). The smallest absolute Gasteiger partial charge is 0.303 e. The maximum absolute atomic E-state index is 12.8. The second kappa shape index (κ2) is 7.89. The Morgan fingerprint density at radius 1 is 1.37 bits per heavy atom. The van der Waals surface area contributed by atoms with E-state index in [1.165, 1.54) is 12.1 Å². The Kier molecular flexibility index (Phi) is 6.50. The van der Waals surface area contributed by atoms with E-state index in [-0.39, 0.29) is 18.2 Å². The summed E-state index contributed by atoms with van der Waals surface area (Å²) in [7, 11) is 0. The van der Waals surface area contributed by atoms with Gasteiger partial charge in [-0.15, -0.1) is 0 Å². The van der Waals surface area contributed by atoms with Crippen molar-refractivity contribution in [1.29, 1.82) is 0 Å². The van der Waals surface area contributed by atoms with Crippen LogP contribution in [-0.2, 0) is 11.2 Å². The fourth-order valence-electron chi connectivity index (χ4n) is 2.26. The number of nitrogens with two attached hydrogens (primary N) is 1. The Morgan fingerprint density at radius 2 is 2.00 bits per heavy atom. The molecule has 0 saturated carbocycles. The highest BCUT2D eigenvalue weighted by atomic mass is 19.1. The van der Waals surface area contributed by atoms with Gasteiger partial charge in [-0.1, -0.05) is 19.1 Å². The average Bonchev–Trinajstić information content (AvgIpc) is 2.36. The van der Waals surface area contributed by atoms with Crippen molar-refractivity contribution in [2.24, 2.45) is 17.6 Å². The van der Waals surface area contributed by atoms with Gasteiger partial charge in [-0.05, 0) is 55.3 Å². The summed E-state index contributed by atoms with van der Waals surface area (Å²) in [5.41, 5.74) is 6.70. The second-order valence-electron chi connectivity index (χ2n) is 5.21. The van der Waals surface area contributed by atoms with Crippen LogP contribution in [0.3, 0.4) is 0 Å². The van der Waals surface area contributed by atoms with Crippen LogP contribution in [-0.4, -0.2) is 17.6 Å². The fraction of sp³-hybridized carbons (Fsp3) is 0.533. The number of aliphatic carboxylic acids is 1. The first-order chi connectivity index (χ1) is 9.01. The molecule has 1 aromatic rings. The molecule has 0 heterocycles. The first kappa shape index (κ1) is 15.6. The quantitative estimate of drug-likeness (QED) is 0.761. The number of carboxylic acids is 1. The highest BCUT2D eigenvalue weighted by Crippen LogP contribution is 2.19. The molecule has 0 aliphatic heterocycles. The molecule has 106 valence electrons. The Bertz CT molecular complexity index is 392. The van der Waals surface area contributed by atoms with Crippen LogP contribution in [0.1, 0.15) is 31.7 Å². The van der Waals surface area contributed by atoms with Crippen molar-refractivity contribution < 1.29 is 14.3 Å². The molecular weight excluding hydrogens is 245 g/mol. The minimum Gasteiger partial charge on any atom is -0.481 e. The lowest BCUT2D eigenvalue weighted by Crippen LogP contribution is -2.20. The Hall–Kier alpha value is -1.42. The molecule has 19 heavy (non-hydrogen) atoms. The molecule has 0 aliphatic rings. The zero-order chi connectivity index (χ0) is 14.3. The van der Waals surface area contributed by atoms with Gasteiger partial charge in [0.1, 0.15) is 5.82 Å². The summed E-state index contributed by atoms with van der Waals surface area (Å²) in [6.07, 6.45) is 2.80. The topological polar surface area (TPSA) is 63.3 Å². The number of carboxylic acid groups (broad SMARTS) is 1. The van der Waals surface area contributed by atoms with Gasteiger partial charge in [0.15, 0.2) is 0 Å². The first-order valence-electron chi connectivity index (χ1n) is 6.67. The molecular formula is C15H22FNO2. The van der Waals surface area contributed by atoms with E-state index in [2.05, 4.69) is 6.92 Å². The molecule has 0 saturated heterocycles. The van der Waals surface area contributed by atoms with Crippen molar-refractivity contribution in [2.75, 3.05) is 6.54 Å². The lowest BCUT2D eigenvalue weighted by Gasteiger charge is -2.18.